The summed E-state index contributed by atoms with van der Waals surface area (Å²) in [5, 5.41) is 11.7. The maximum Gasteiger partial charge on any atom is 0.325 e. The van der Waals surface area contributed by atoms with Crippen molar-refractivity contribution < 1.29 is 32.4 Å². The second-order valence-electron chi connectivity index (χ2n) is 7.81. The topological polar surface area (TPSA) is 142 Å². The van der Waals surface area contributed by atoms with Crippen LogP contribution in [0.3, 0.4) is 0 Å². The minimum Gasteiger partial charge on any atom is -0.465 e. The summed E-state index contributed by atoms with van der Waals surface area (Å²) in [6.07, 6.45) is 0. The third-order valence-electron chi connectivity index (χ3n) is 4.07. The highest BCUT2D eigenvalue weighted by molar-refractivity contribution is 7.92. The van der Waals surface area contributed by atoms with Crippen molar-refractivity contribution in [3.05, 3.63) is 63.2 Å². The number of benzene rings is 2. The van der Waals surface area contributed by atoms with E-state index < -0.39 is 49.0 Å². The summed E-state index contributed by atoms with van der Waals surface area (Å²) in [5.41, 5.74) is -1.76. The molecule has 12 heteroatoms. The fourth-order valence-electron chi connectivity index (χ4n) is 2.77. The third-order valence-corrected chi connectivity index (χ3v) is 5.76. The van der Waals surface area contributed by atoms with E-state index in [1.54, 1.807) is 20.8 Å². The lowest BCUT2D eigenvalue weighted by atomic mass is 9.98. The number of ether oxygens (including phenoxy) is 2. The first kappa shape index (κ1) is 26.1. The molecule has 1 unspecified atom stereocenters. The number of halogens is 1. The molecule has 0 saturated heterocycles. The molecule has 0 aliphatic carbocycles. The van der Waals surface area contributed by atoms with Crippen molar-refractivity contribution >= 4 is 44.9 Å². The van der Waals surface area contributed by atoms with Crippen LogP contribution in [0, 0.1) is 10.1 Å². The van der Waals surface area contributed by atoms with Crippen molar-refractivity contribution in [1.29, 1.82) is 0 Å². The van der Waals surface area contributed by atoms with Crippen LogP contribution in [-0.4, -0.2) is 37.5 Å². The van der Waals surface area contributed by atoms with Gasteiger partial charge in [0.05, 0.1) is 16.4 Å². The first-order valence-corrected chi connectivity index (χ1v) is 11.6. The van der Waals surface area contributed by atoms with Crippen LogP contribution in [0.4, 0.5) is 11.4 Å². The van der Waals surface area contributed by atoms with Gasteiger partial charge < -0.3 is 9.47 Å². The normalized spacial score (nSPS) is 12.5. The third kappa shape index (κ3) is 6.90. The van der Waals surface area contributed by atoms with Crippen molar-refractivity contribution in [3.63, 3.8) is 0 Å². The molecule has 178 valence electrons. The Morgan fingerprint density at radius 2 is 1.73 bits per heavy atom. The molecule has 0 aliphatic heterocycles. The van der Waals surface area contributed by atoms with Crippen LogP contribution in [0.1, 0.15) is 39.2 Å². The van der Waals surface area contributed by atoms with Crippen molar-refractivity contribution in [2.75, 3.05) is 11.3 Å². The van der Waals surface area contributed by atoms with Crippen molar-refractivity contribution in [2.24, 2.45) is 0 Å². The lowest BCUT2D eigenvalue weighted by Crippen LogP contribution is -2.33. The van der Waals surface area contributed by atoms with Crippen molar-refractivity contribution in [3.8, 4) is 0 Å². The number of nitro groups is 1. The molecule has 0 radical (unpaired) electrons. The number of hydrogen-bond acceptors (Lipinski definition) is 8. The van der Waals surface area contributed by atoms with Crippen LogP contribution in [0.15, 0.2) is 47.4 Å². The van der Waals surface area contributed by atoms with Gasteiger partial charge in [0.15, 0.2) is 5.92 Å². The van der Waals surface area contributed by atoms with E-state index in [2.05, 4.69) is 4.72 Å². The lowest BCUT2D eigenvalue weighted by Gasteiger charge is -2.24. The quantitative estimate of drug-likeness (QED) is 0.248. The van der Waals surface area contributed by atoms with Crippen molar-refractivity contribution in [2.45, 2.75) is 44.1 Å². The summed E-state index contributed by atoms with van der Waals surface area (Å²) < 4.78 is 38.9. The number of nitrogens with zero attached hydrogens (tertiary/aromatic N) is 1. The van der Waals surface area contributed by atoms with Crippen LogP contribution in [0.2, 0.25) is 5.02 Å². The van der Waals surface area contributed by atoms with Gasteiger partial charge in [-0.25, -0.2) is 8.42 Å². The van der Waals surface area contributed by atoms with Crippen molar-refractivity contribution in [1.82, 2.24) is 0 Å². The Bertz CT molecular complexity index is 1160. The van der Waals surface area contributed by atoms with E-state index >= 15 is 0 Å². The Balaban J connectivity index is 2.68. The first-order valence-electron chi connectivity index (χ1n) is 9.71. The van der Waals surface area contributed by atoms with E-state index in [0.29, 0.717) is 5.02 Å². The fourth-order valence-corrected chi connectivity index (χ4v) is 4.23. The molecule has 0 fully saturated rings. The van der Waals surface area contributed by atoms with Gasteiger partial charge in [0.25, 0.3) is 15.7 Å². The number of carbonyl (C=O) groups excluding carboxylic acids is 2. The van der Waals surface area contributed by atoms with E-state index in [4.69, 9.17) is 21.1 Å². The predicted molar refractivity (Wildman–Crippen MR) is 121 cm³/mol. The number of nitro benzene ring substituents is 1. The summed E-state index contributed by atoms with van der Waals surface area (Å²) in [6.45, 7) is 6.14. The SMILES string of the molecule is CCOC(=O)C(C(=O)OC(C)(C)C)c1ccc([N+](=O)[O-])cc1S(=O)(=O)Nc1ccc(Cl)cc1. The molecular weight excluding hydrogens is 476 g/mol. The van der Waals surface area contributed by atoms with Crippen LogP contribution < -0.4 is 4.72 Å². The average Bonchev–Trinajstić information content (AvgIpc) is 2.68. The second-order valence-corrected chi connectivity index (χ2v) is 9.90. The molecule has 0 aliphatic rings. The molecule has 0 amide bonds. The summed E-state index contributed by atoms with van der Waals surface area (Å²) >= 11 is 5.82. The van der Waals surface area contributed by atoms with Gasteiger partial charge in [-0.2, -0.15) is 0 Å². The molecule has 0 heterocycles. The highest BCUT2D eigenvalue weighted by atomic mass is 35.5. The number of non-ortho nitro benzene ring substituents is 1. The van der Waals surface area contributed by atoms with Crippen LogP contribution >= 0.6 is 11.6 Å². The van der Waals surface area contributed by atoms with Crippen LogP contribution in [0.25, 0.3) is 0 Å². The van der Waals surface area contributed by atoms with E-state index in [1.165, 1.54) is 31.2 Å². The number of rotatable bonds is 8. The predicted octanol–water partition coefficient (Wildman–Crippen LogP) is 4.04. The molecule has 10 nitrogen and oxygen atoms in total. The molecule has 1 N–H and O–H groups in total. The van der Waals surface area contributed by atoms with E-state index in [-0.39, 0.29) is 17.9 Å². The van der Waals surface area contributed by atoms with E-state index in [9.17, 15) is 28.1 Å². The molecule has 2 aromatic rings. The standard InChI is InChI=1S/C21H23ClN2O8S/c1-5-31-19(25)18(20(26)32-21(2,3)4)16-11-10-15(24(27)28)12-17(16)33(29,30)23-14-8-6-13(22)7-9-14/h6-12,18,23H,5H2,1-4H3. The molecule has 1 atom stereocenters. The highest BCUT2D eigenvalue weighted by Crippen LogP contribution is 2.32. The number of hydrogen-bond donors (Lipinski definition) is 1. The maximum absolute atomic E-state index is 13.2. The molecule has 2 aromatic carbocycles. The molecule has 33 heavy (non-hydrogen) atoms. The average molecular weight is 499 g/mol. The smallest absolute Gasteiger partial charge is 0.325 e. The Labute approximate surface area is 196 Å². The second kappa shape index (κ2) is 10.2. The Morgan fingerprint density at radius 1 is 1.12 bits per heavy atom. The zero-order valence-corrected chi connectivity index (χ0v) is 19.9. The van der Waals surface area contributed by atoms with Gasteiger partial charge in [0.2, 0.25) is 0 Å². The molecular formula is C21H23ClN2O8S. The number of carbonyl (C=O) groups is 2. The van der Waals surface area contributed by atoms with Gasteiger partial charge in [-0.3, -0.25) is 24.4 Å². The minimum absolute atomic E-state index is 0.0871. The zero-order chi connectivity index (χ0) is 25.0. The number of nitrogens with one attached hydrogen (secondary N) is 1. The number of sulfonamides is 1. The summed E-state index contributed by atoms with van der Waals surface area (Å²) in [6, 6.07) is 8.43. The highest BCUT2D eigenvalue weighted by Gasteiger charge is 2.39. The van der Waals surface area contributed by atoms with E-state index in [0.717, 1.165) is 18.2 Å². The molecule has 0 spiro atoms. The number of esters is 2. The summed E-state index contributed by atoms with van der Waals surface area (Å²) in [4.78, 5) is 35.4. The summed E-state index contributed by atoms with van der Waals surface area (Å²) in [7, 11) is -4.50. The molecule has 0 saturated carbocycles. The Hall–Kier alpha value is -3.18. The van der Waals surface area contributed by atoms with Crippen LogP contribution in [0.5, 0.6) is 0 Å². The molecule has 0 bridgehead atoms. The fraction of sp³-hybridized carbons (Fsp3) is 0.333. The largest absolute Gasteiger partial charge is 0.465 e. The molecule has 2 rings (SSSR count). The van der Waals surface area contributed by atoms with Gasteiger partial charge in [0.1, 0.15) is 5.60 Å². The van der Waals surface area contributed by atoms with Gasteiger partial charge in [0, 0.05) is 22.8 Å². The minimum atomic E-state index is -4.50. The van der Waals surface area contributed by atoms with Gasteiger partial charge in [-0.1, -0.05) is 11.6 Å². The summed E-state index contributed by atoms with van der Waals surface area (Å²) in [5.74, 6) is -3.90. The Morgan fingerprint density at radius 3 is 2.24 bits per heavy atom. The van der Waals surface area contributed by atoms with Crippen LogP contribution in [-0.2, 0) is 29.1 Å². The maximum atomic E-state index is 13.2. The monoisotopic (exact) mass is 498 g/mol. The van der Waals surface area contributed by atoms with Gasteiger partial charge >= 0.3 is 11.9 Å². The van der Waals surface area contributed by atoms with E-state index in [1.807, 2.05) is 0 Å². The lowest BCUT2D eigenvalue weighted by molar-refractivity contribution is -0.385. The van der Waals surface area contributed by atoms with Gasteiger partial charge in [-0.15, -0.1) is 0 Å². The molecule has 0 aromatic heterocycles. The first-order chi connectivity index (χ1) is 15.2. The zero-order valence-electron chi connectivity index (χ0n) is 18.3. The Kier molecular flexibility index (Phi) is 8.04. The van der Waals surface area contributed by atoms with Gasteiger partial charge in [-0.05, 0) is 63.6 Å². The number of anilines is 1.